The van der Waals surface area contributed by atoms with Crippen molar-refractivity contribution in [2.24, 2.45) is 0 Å². The summed E-state index contributed by atoms with van der Waals surface area (Å²) >= 11 is 0. The fourth-order valence-corrected chi connectivity index (χ4v) is 3.84. The third kappa shape index (κ3) is 3.71. The average Bonchev–Trinajstić information content (AvgIpc) is 3.03. The molecule has 150 valence electrons. The highest BCUT2D eigenvalue weighted by Gasteiger charge is 2.44. The number of hydrogen-bond acceptors (Lipinski definition) is 5. The molecule has 1 aliphatic heterocycles. The first-order chi connectivity index (χ1) is 14.1. The van der Waals surface area contributed by atoms with Crippen molar-refractivity contribution in [2.45, 2.75) is 30.2 Å². The molecule has 0 aromatic heterocycles. The molecule has 4 rings (SSSR count). The Morgan fingerprint density at radius 3 is 1.41 bits per heavy atom. The minimum atomic E-state index is -1.43. The maximum Gasteiger partial charge on any atom is 0.184 e. The topological polar surface area (TPSA) is 79.2 Å². The van der Waals surface area contributed by atoms with Gasteiger partial charge in [0.05, 0.1) is 6.61 Å². The molecule has 0 amide bonds. The van der Waals surface area contributed by atoms with E-state index in [1.54, 1.807) is 0 Å². The highest BCUT2D eigenvalue weighted by molar-refractivity contribution is 5.47. The Kier molecular flexibility index (Phi) is 5.76. The molecule has 5 heteroatoms. The largest absolute Gasteiger partial charge is 0.387 e. The van der Waals surface area contributed by atoms with E-state index in [-0.39, 0.29) is 6.61 Å². The summed E-state index contributed by atoms with van der Waals surface area (Å²) in [5.74, 6) is 0. The Hall–Kier alpha value is -2.54. The van der Waals surface area contributed by atoms with Crippen LogP contribution in [0.25, 0.3) is 0 Å². The van der Waals surface area contributed by atoms with E-state index in [2.05, 4.69) is 0 Å². The molecule has 29 heavy (non-hydrogen) atoms. The van der Waals surface area contributed by atoms with Gasteiger partial charge in [0, 0.05) is 0 Å². The number of aliphatic hydroxyl groups excluding tert-OH is 3. The minimum Gasteiger partial charge on any atom is -0.387 e. The van der Waals surface area contributed by atoms with Crippen molar-refractivity contribution in [3.63, 3.8) is 0 Å². The zero-order valence-corrected chi connectivity index (χ0v) is 15.8. The molecule has 0 aliphatic carbocycles. The van der Waals surface area contributed by atoms with Crippen molar-refractivity contribution in [1.29, 1.82) is 0 Å². The molecule has 4 atom stereocenters. The molecule has 3 aromatic rings. The van der Waals surface area contributed by atoms with Gasteiger partial charge in [-0.25, -0.2) is 0 Å². The number of aliphatic hydroxyl groups is 3. The Labute approximate surface area is 169 Å². The van der Waals surface area contributed by atoms with Crippen LogP contribution in [0.2, 0.25) is 0 Å². The van der Waals surface area contributed by atoms with Crippen LogP contribution in [0.15, 0.2) is 91.0 Å². The Bertz CT molecular complexity index is 804. The van der Waals surface area contributed by atoms with Gasteiger partial charge in [0.2, 0.25) is 0 Å². The van der Waals surface area contributed by atoms with Crippen LogP contribution in [0.4, 0.5) is 0 Å². The fraction of sp³-hybridized carbons (Fsp3) is 0.250. The molecular weight excluding hydrogens is 368 g/mol. The van der Waals surface area contributed by atoms with E-state index in [9.17, 15) is 15.3 Å². The number of hydrogen-bond donors (Lipinski definition) is 3. The maximum atomic E-state index is 10.2. The predicted octanol–water partition coefficient (Wildman–Crippen LogP) is 2.43. The first-order valence-electron chi connectivity index (χ1n) is 9.63. The standard InChI is InChI=1S/C24H24O5/c25-21-20(29-23(27)22(21)26)16-28-24(17-10-4-1-5-11-17,18-12-6-2-7-13-18)19-14-8-3-9-15-19/h1-15,20-23,25-27H,16H2/t20-,21+,22?,23-/m1/s1. The first-order valence-corrected chi connectivity index (χ1v) is 9.63. The SMILES string of the molecule is OC1[C@H](O)O[C@H](COC(c2ccccc2)(c2ccccc2)c2ccccc2)[C@@H]1O. The quantitative estimate of drug-likeness (QED) is 0.562. The summed E-state index contributed by atoms with van der Waals surface area (Å²) in [5, 5.41) is 29.8. The smallest absolute Gasteiger partial charge is 0.184 e. The van der Waals surface area contributed by atoms with Crippen molar-refractivity contribution in [2.75, 3.05) is 6.61 Å². The molecule has 1 heterocycles. The molecule has 3 aromatic carbocycles. The second-order valence-corrected chi connectivity index (χ2v) is 7.14. The normalized spacial score (nSPS) is 24.5. The van der Waals surface area contributed by atoms with Gasteiger partial charge in [0.1, 0.15) is 23.9 Å². The van der Waals surface area contributed by atoms with Crippen LogP contribution in [0.3, 0.4) is 0 Å². The van der Waals surface area contributed by atoms with Gasteiger partial charge >= 0.3 is 0 Å². The van der Waals surface area contributed by atoms with Gasteiger partial charge in [0.15, 0.2) is 6.29 Å². The lowest BCUT2D eigenvalue weighted by Gasteiger charge is -2.37. The van der Waals surface area contributed by atoms with Gasteiger partial charge in [-0.3, -0.25) is 0 Å². The van der Waals surface area contributed by atoms with Gasteiger partial charge in [0.25, 0.3) is 0 Å². The van der Waals surface area contributed by atoms with E-state index in [0.29, 0.717) is 0 Å². The molecule has 0 radical (unpaired) electrons. The first kappa shape index (κ1) is 19.8. The second-order valence-electron chi connectivity index (χ2n) is 7.14. The number of rotatable bonds is 6. The molecule has 5 nitrogen and oxygen atoms in total. The van der Waals surface area contributed by atoms with E-state index in [1.807, 2.05) is 91.0 Å². The van der Waals surface area contributed by atoms with E-state index >= 15 is 0 Å². The van der Waals surface area contributed by atoms with Crippen LogP contribution >= 0.6 is 0 Å². The summed E-state index contributed by atoms with van der Waals surface area (Å²) < 4.78 is 11.9. The molecule has 1 aliphatic rings. The fourth-order valence-electron chi connectivity index (χ4n) is 3.84. The van der Waals surface area contributed by atoms with Crippen LogP contribution in [0, 0.1) is 0 Å². The summed E-state index contributed by atoms with van der Waals surface area (Å²) in [6.45, 7) is -0.0199. The lowest BCUT2D eigenvalue weighted by atomic mass is 9.80. The average molecular weight is 392 g/mol. The third-order valence-corrected chi connectivity index (χ3v) is 5.34. The molecule has 1 unspecified atom stereocenters. The minimum absolute atomic E-state index is 0.0199. The summed E-state index contributed by atoms with van der Waals surface area (Å²) in [7, 11) is 0. The molecular formula is C24H24O5. The summed E-state index contributed by atoms with van der Waals surface area (Å²) in [6.07, 6.45) is -4.87. The molecule has 1 fully saturated rings. The zero-order valence-electron chi connectivity index (χ0n) is 15.8. The van der Waals surface area contributed by atoms with Crippen molar-refractivity contribution >= 4 is 0 Å². The van der Waals surface area contributed by atoms with E-state index in [4.69, 9.17) is 9.47 Å². The molecule has 0 spiro atoms. The number of ether oxygens (including phenoxy) is 2. The van der Waals surface area contributed by atoms with Crippen LogP contribution in [0.1, 0.15) is 16.7 Å². The van der Waals surface area contributed by atoms with Crippen molar-refractivity contribution in [3.05, 3.63) is 108 Å². The van der Waals surface area contributed by atoms with Gasteiger partial charge in [-0.1, -0.05) is 91.0 Å². The Balaban J connectivity index is 1.80. The summed E-state index contributed by atoms with van der Waals surface area (Å²) in [4.78, 5) is 0. The predicted molar refractivity (Wildman–Crippen MR) is 108 cm³/mol. The highest BCUT2D eigenvalue weighted by atomic mass is 16.7. The molecule has 0 saturated carbocycles. The van der Waals surface area contributed by atoms with Crippen LogP contribution in [-0.4, -0.2) is 46.5 Å². The van der Waals surface area contributed by atoms with Crippen molar-refractivity contribution in [1.82, 2.24) is 0 Å². The molecule has 0 bridgehead atoms. The third-order valence-electron chi connectivity index (χ3n) is 5.34. The lowest BCUT2D eigenvalue weighted by molar-refractivity contribution is -0.145. The van der Waals surface area contributed by atoms with Crippen LogP contribution < -0.4 is 0 Å². The van der Waals surface area contributed by atoms with Crippen molar-refractivity contribution in [3.8, 4) is 0 Å². The van der Waals surface area contributed by atoms with Gasteiger partial charge in [-0.05, 0) is 16.7 Å². The van der Waals surface area contributed by atoms with Gasteiger partial charge in [-0.2, -0.15) is 0 Å². The molecule has 1 saturated heterocycles. The maximum absolute atomic E-state index is 10.2. The van der Waals surface area contributed by atoms with E-state index in [1.165, 1.54) is 0 Å². The van der Waals surface area contributed by atoms with Crippen molar-refractivity contribution < 1.29 is 24.8 Å². The van der Waals surface area contributed by atoms with Crippen LogP contribution in [0.5, 0.6) is 0 Å². The zero-order chi connectivity index (χ0) is 20.3. The Morgan fingerprint density at radius 1 is 0.655 bits per heavy atom. The second kappa shape index (κ2) is 8.45. The van der Waals surface area contributed by atoms with E-state index < -0.39 is 30.2 Å². The highest BCUT2D eigenvalue weighted by Crippen LogP contribution is 2.41. The van der Waals surface area contributed by atoms with Crippen LogP contribution in [-0.2, 0) is 15.1 Å². The van der Waals surface area contributed by atoms with Gasteiger partial charge < -0.3 is 24.8 Å². The summed E-state index contributed by atoms with van der Waals surface area (Å²) in [6, 6.07) is 29.5. The molecule has 3 N–H and O–H groups in total. The Morgan fingerprint density at radius 2 is 1.07 bits per heavy atom. The summed E-state index contributed by atoms with van der Waals surface area (Å²) in [5.41, 5.74) is 1.81. The monoisotopic (exact) mass is 392 g/mol. The van der Waals surface area contributed by atoms with Gasteiger partial charge in [-0.15, -0.1) is 0 Å². The lowest BCUT2D eigenvalue weighted by Crippen LogP contribution is -2.39. The van der Waals surface area contributed by atoms with E-state index in [0.717, 1.165) is 16.7 Å². The number of benzene rings is 3.